The van der Waals surface area contributed by atoms with Gasteiger partial charge in [-0.2, -0.15) is 14.8 Å². The van der Waals surface area contributed by atoms with Gasteiger partial charge in [-0.1, -0.05) is 5.21 Å². The quantitative estimate of drug-likeness (QED) is 0.510. The number of anilines is 2. The number of aliphatic hydroxyl groups excluding tert-OH is 1. The maximum atomic E-state index is 9.69. The Bertz CT molecular complexity index is 1150. The van der Waals surface area contributed by atoms with Gasteiger partial charge in [0.2, 0.25) is 5.95 Å². The van der Waals surface area contributed by atoms with E-state index in [9.17, 15) is 5.11 Å². The molecular formula is C19H21N9O2. The van der Waals surface area contributed by atoms with Crippen LogP contribution in [0.2, 0.25) is 0 Å². The Labute approximate surface area is 171 Å². The maximum absolute atomic E-state index is 9.69. The average Bonchev–Trinajstić information content (AvgIpc) is 3.41. The molecule has 0 unspecified atom stereocenters. The number of nitrogens with one attached hydrogen (secondary N) is 1. The molecule has 2 N–H and O–H groups in total. The molecule has 1 fully saturated rings. The third kappa shape index (κ3) is 3.54. The number of fused-ring (bicyclic) bond motifs is 1. The van der Waals surface area contributed by atoms with Crippen molar-refractivity contribution in [2.75, 3.05) is 12.4 Å². The van der Waals surface area contributed by atoms with E-state index >= 15 is 0 Å². The molecule has 0 saturated heterocycles. The molecule has 0 bridgehead atoms. The van der Waals surface area contributed by atoms with Crippen LogP contribution in [0.3, 0.4) is 0 Å². The third-order valence-corrected chi connectivity index (χ3v) is 5.26. The third-order valence-electron chi connectivity index (χ3n) is 5.26. The molecule has 0 atom stereocenters. The molecule has 1 aliphatic carbocycles. The molecule has 0 radical (unpaired) electrons. The van der Waals surface area contributed by atoms with Gasteiger partial charge >= 0.3 is 0 Å². The fraction of sp³-hybridized carbons (Fsp3) is 0.368. The molecule has 154 valence electrons. The first kappa shape index (κ1) is 18.4. The normalized spacial score (nSPS) is 19.1. The van der Waals surface area contributed by atoms with E-state index in [-0.39, 0.29) is 6.10 Å². The summed E-state index contributed by atoms with van der Waals surface area (Å²) in [5, 5.41) is 25.6. The summed E-state index contributed by atoms with van der Waals surface area (Å²) in [5.41, 5.74) is 1.90. The molecule has 4 heterocycles. The number of hydrogen-bond donors (Lipinski definition) is 2. The Balaban J connectivity index is 1.37. The summed E-state index contributed by atoms with van der Waals surface area (Å²) in [6.07, 6.45) is 10.2. The van der Waals surface area contributed by atoms with Crippen LogP contribution < -0.4 is 10.1 Å². The van der Waals surface area contributed by atoms with Crippen LogP contribution in [0.5, 0.6) is 5.75 Å². The predicted octanol–water partition coefficient (Wildman–Crippen LogP) is 2.03. The second-order valence-corrected chi connectivity index (χ2v) is 7.26. The minimum absolute atomic E-state index is 0.187. The van der Waals surface area contributed by atoms with Crippen molar-refractivity contribution in [3.63, 3.8) is 0 Å². The van der Waals surface area contributed by atoms with Crippen LogP contribution in [0.4, 0.5) is 11.6 Å². The van der Waals surface area contributed by atoms with Crippen LogP contribution in [0.15, 0.2) is 36.9 Å². The minimum atomic E-state index is -0.187. The zero-order chi connectivity index (χ0) is 20.5. The Kier molecular flexibility index (Phi) is 4.71. The van der Waals surface area contributed by atoms with Crippen molar-refractivity contribution < 1.29 is 9.84 Å². The summed E-state index contributed by atoms with van der Waals surface area (Å²) >= 11 is 0. The summed E-state index contributed by atoms with van der Waals surface area (Å²) in [7, 11) is 1.59. The monoisotopic (exact) mass is 407 g/mol. The highest BCUT2D eigenvalue weighted by Crippen LogP contribution is 2.29. The van der Waals surface area contributed by atoms with Crippen LogP contribution >= 0.6 is 0 Å². The number of aliphatic hydroxyl groups is 1. The van der Waals surface area contributed by atoms with Gasteiger partial charge in [0.05, 0.1) is 43.5 Å². The molecule has 5 rings (SSSR count). The number of hydrogen-bond acceptors (Lipinski definition) is 9. The number of ether oxygens (including phenoxy) is 1. The zero-order valence-electron chi connectivity index (χ0n) is 16.4. The smallest absolute Gasteiger partial charge is 0.229 e. The maximum Gasteiger partial charge on any atom is 0.229 e. The second kappa shape index (κ2) is 7.67. The lowest BCUT2D eigenvalue weighted by molar-refractivity contribution is 0.108. The highest BCUT2D eigenvalue weighted by Gasteiger charge is 2.21. The van der Waals surface area contributed by atoms with Gasteiger partial charge in [0.25, 0.3) is 0 Å². The first-order valence-electron chi connectivity index (χ1n) is 9.78. The Morgan fingerprint density at radius 1 is 1.10 bits per heavy atom. The van der Waals surface area contributed by atoms with Gasteiger partial charge in [-0.25, -0.2) is 9.97 Å². The topological polar surface area (TPSA) is 129 Å². The van der Waals surface area contributed by atoms with E-state index < -0.39 is 0 Å². The van der Waals surface area contributed by atoms with E-state index in [1.54, 1.807) is 42.5 Å². The lowest BCUT2D eigenvalue weighted by Gasteiger charge is -2.25. The number of pyridine rings is 1. The van der Waals surface area contributed by atoms with Crippen molar-refractivity contribution in [3.05, 3.63) is 36.9 Å². The molecule has 11 nitrogen and oxygen atoms in total. The van der Waals surface area contributed by atoms with Crippen LogP contribution in [-0.4, -0.2) is 58.0 Å². The molecule has 11 heteroatoms. The summed E-state index contributed by atoms with van der Waals surface area (Å²) in [4.78, 5) is 13.2. The van der Waals surface area contributed by atoms with Crippen molar-refractivity contribution in [3.8, 4) is 11.6 Å². The van der Waals surface area contributed by atoms with Crippen LogP contribution in [0.1, 0.15) is 31.7 Å². The van der Waals surface area contributed by atoms with Gasteiger partial charge in [0, 0.05) is 6.20 Å². The molecule has 0 spiro atoms. The van der Waals surface area contributed by atoms with Gasteiger partial charge in [-0.15, -0.1) is 5.10 Å². The van der Waals surface area contributed by atoms with Gasteiger partial charge in [0.1, 0.15) is 5.75 Å². The minimum Gasteiger partial charge on any atom is -0.495 e. The molecular weight excluding hydrogens is 386 g/mol. The first-order chi connectivity index (χ1) is 14.7. The number of aromatic nitrogens is 8. The average molecular weight is 407 g/mol. The fourth-order valence-corrected chi connectivity index (χ4v) is 3.62. The van der Waals surface area contributed by atoms with E-state index in [0.717, 1.165) is 31.4 Å². The van der Waals surface area contributed by atoms with E-state index in [4.69, 9.17) is 4.74 Å². The first-order valence-corrected chi connectivity index (χ1v) is 9.78. The molecule has 30 heavy (non-hydrogen) atoms. The van der Waals surface area contributed by atoms with Crippen LogP contribution in [0, 0.1) is 0 Å². The van der Waals surface area contributed by atoms with E-state index in [1.807, 2.05) is 10.9 Å². The predicted molar refractivity (Wildman–Crippen MR) is 108 cm³/mol. The Hall–Kier alpha value is -3.60. The van der Waals surface area contributed by atoms with Crippen molar-refractivity contribution in [1.82, 2.24) is 39.7 Å². The van der Waals surface area contributed by atoms with Gasteiger partial charge < -0.3 is 15.2 Å². The largest absolute Gasteiger partial charge is 0.495 e. The van der Waals surface area contributed by atoms with E-state index in [2.05, 4.69) is 35.7 Å². The highest BCUT2D eigenvalue weighted by molar-refractivity contribution is 5.72. The Morgan fingerprint density at radius 2 is 1.97 bits per heavy atom. The Morgan fingerprint density at radius 3 is 2.73 bits per heavy atom. The van der Waals surface area contributed by atoms with Gasteiger partial charge in [-0.3, -0.25) is 4.68 Å². The highest BCUT2D eigenvalue weighted by atomic mass is 16.5. The summed E-state index contributed by atoms with van der Waals surface area (Å²) in [5.74, 6) is 1.65. The van der Waals surface area contributed by atoms with E-state index in [0.29, 0.717) is 34.7 Å². The van der Waals surface area contributed by atoms with Crippen LogP contribution in [0.25, 0.3) is 17.0 Å². The zero-order valence-corrected chi connectivity index (χ0v) is 16.4. The van der Waals surface area contributed by atoms with E-state index in [1.165, 1.54) is 0 Å². The molecule has 0 amide bonds. The lowest BCUT2D eigenvalue weighted by atomic mass is 9.93. The lowest BCUT2D eigenvalue weighted by Crippen LogP contribution is -2.21. The summed E-state index contributed by atoms with van der Waals surface area (Å²) < 4.78 is 8.64. The van der Waals surface area contributed by atoms with Gasteiger partial charge in [0.15, 0.2) is 17.0 Å². The molecule has 0 aromatic carbocycles. The molecule has 4 aromatic rings. The molecule has 4 aromatic heterocycles. The van der Waals surface area contributed by atoms with Crippen molar-refractivity contribution in [1.29, 1.82) is 0 Å². The van der Waals surface area contributed by atoms with Crippen molar-refractivity contribution in [2.45, 2.75) is 37.8 Å². The fourth-order valence-electron chi connectivity index (χ4n) is 3.62. The molecule has 1 saturated carbocycles. The molecule has 1 aliphatic rings. The SMILES string of the molecule is COc1ccc(-n2nnc3cnc(Nc4cnn([C@H]5CC[C@@H](O)CC5)c4)nc32)nc1. The standard InChI is InChI=1S/C19H21N9O2/c1-30-15-6-7-17(20-9-15)28-18-16(25-26-28)10-21-19(24-18)23-12-8-22-27(11-12)13-2-4-14(29)5-3-13/h6-11,13-14,29H,2-5H2,1H3,(H,21,23,24)/t13-,14+. The number of rotatable bonds is 5. The summed E-state index contributed by atoms with van der Waals surface area (Å²) in [6.45, 7) is 0. The molecule has 0 aliphatic heterocycles. The summed E-state index contributed by atoms with van der Waals surface area (Å²) in [6, 6.07) is 3.89. The van der Waals surface area contributed by atoms with Crippen molar-refractivity contribution >= 4 is 22.8 Å². The second-order valence-electron chi connectivity index (χ2n) is 7.26. The number of nitrogens with zero attached hydrogens (tertiary/aromatic N) is 8. The van der Waals surface area contributed by atoms with Gasteiger partial charge in [-0.05, 0) is 37.8 Å². The number of methoxy groups -OCH3 is 1. The van der Waals surface area contributed by atoms with Crippen LogP contribution in [-0.2, 0) is 0 Å². The van der Waals surface area contributed by atoms with Crippen molar-refractivity contribution in [2.24, 2.45) is 0 Å².